The zero-order valence-corrected chi connectivity index (χ0v) is 12.8. The molecule has 2 aromatic heterocycles. The highest BCUT2D eigenvalue weighted by Gasteiger charge is 2.02. The van der Waals surface area contributed by atoms with E-state index in [1.54, 1.807) is 40.6 Å². The standard InChI is InChI=1S/C14H16BrN3O2/c1-10-7-11(15)8-18(14(10)20)6-2-5-17-9-12(16)3-4-13(17)19/h3-4,7-9H,2,5-6,16H2,1H3. The van der Waals surface area contributed by atoms with Gasteiger partial charge in [0.15, 0.2) is 0 Å². The van der Waals surface area contributed by atoms with Gasteiger partial charge >= 0.3 is 0 Å². The minimum absolute atomic E-state index is 0.00637. The maximum atomic E-state index is 11.9. The van der Waals surface area contributed by atoms with Crippen LogP contribution < -0.4 is 16.9 Å². The van der Waals surface area contributed by atoms with E-state index >= 15 is 0 Å². The van der Waals surface area contributed by atoms with Crippen molar-refractivity contribution in [2.24, 2.45) is 0 Å². The van der Waals surface area contributed by atoms with E-state index in [1.165, 1.54) is 6.07 Å². The summed E-state index contributed by atoms with van der Waals surface area (Å²) in [5.74, 6) is 0. The number of anilines is 1. The summed E-state index contributed by atoms with van der Waals surface area (Å²) < 4.78 is 4.08. The molecular formula is C14H16BrN3O2. The first-order valence-corrected chi connectivity index (χ1v) is 7.09. The van der Waals surface area contributed by atoms with Gasteiger partial charge in [0.1, 0.15) is 0 Å². The fraction of sp³-hybridized carbons (Fsp3) is 0.286. The lowest BCUT2D eigenvalue weighted by molar-refractivity contribution is 0.542. The van der Waals surface area contributed by atoms with Gasteiger partial charge in [-0.05, 0) is 41.4 Å². The predicted octanol–water partition coefficient (Wildman–Crippen LogP) is 1.75. The molecule has 0 fully saturated rings. The highest BCUT2D eigenvalue weighted by atomic mass is 79.9. The van der Waals surface area contributed by atoms with E-state index in [9.17, 15) is 9.59 Å². The Morgan fingerprint density at radius 2 is 1.85 bits per heavy atom. The summed E-state index contributed by atoms with van der Waals surface area (Å²) in [5.41, 5.74) is 6.81. The number of aromatic nitrogens is 2. The first kappa shape index (κ1) is 14.6. The van der Waals surface area contributed by atoms with Crippen molar-refractivity contribution >= 4 is 21.6 Å². The van der Waals surface area contributed by atoms with Crippen LogP contribution in [0.15, 0.2) is 44.7 Å². The Balaban J connectivity index is 2.09. The molecule has 2 heterocycles. The van der Waals surface area contributed by atoms with Crippen LogP contribution in [0.4, 0.5) is 5.69 Å². The SMILES string of the molecule is Cc1cc(Br)cn(CCCn2cc(N)ccc2=O)c1=O. The van der Waals surface area contributed by atoms with E-state index in [1.807, 2.05) is 0 Å². The molecule has 20 heavy (non-hydrogen) atoms. The molecule has 106 valence electrons. The van der Waals surface area contributed by atoms with Crippen molar-refractivity contribution in [2.45, 2.75) is 26.4 Å². The van der Waals surface area contributed by atoms with Gasteiger partial charge in [0.05, 0.1) is 0 Å². The van der Waals surface area contributed by atoms with Gasteiger partial charge in [-0.25, -0.2) is 0 Å². The van der Waals surface area contributed by atoms with E-state index in [-0.39, 0.29) is 11.1 Å². The average Bonchev–Trinajstić information content (AvgIpc) is 2.39. The molecule has 0 spiro atoms. The zero-order valence-electron chi connectivity index (χ0n) is 11.2. The van der Waals surface area contributed by atoms with Crippen LogP contribution in [0.3, 0.4) is 0 Å². The number of hydrogen-bond acceptors (Lipinski definition) is 3. The van der Waals surface area contributed by atoms with Crippen LogP contribution in [-0.2, 0) is 13.1 Å². The Bertz CT molecular complexity index is 734. The molecule has 2 rings (SSSR count). The summed E-state index contributed by atoms with van der Waals surface area (Å²) in [6.45, 7) is 2.87. The Morgan fingerprint density at radius 3 is 2.60 bits per heavy atom. The Labute approximate surface area is 124 Å². The number of halogens is 1. The van der Waals surface area contributed by atoms with Gasteiger partial charge in [-0.1, -0.05) is 0 Å². The van der Waals surface area contributed by atoms with E-state index < -0.39 is 0 Å². The summed E-state index contributed by atoms with van der Waals surface area (Å²) in [7, 11) is 0. The average molecular weight is 338 g/mol. The highest BCUT2D eigenvalue weighted by Crippen LogP contribution is 2.08. The van der Waals surface area contributed by atoms with Crippen molar-refractivity contribution in [1.82, 2.24) is 9.13 Å². The molecule has 0 radical (unpaired) electrons. The summed E-state index contributed by atoms with van der Waals surface area (Å²) in [4.78, 5) is 23.6. The van der Waals surface area contributed by atoms with Gasteiger partial charge in [0.25, 0.3) is 11.1 Å². The normalized spacial score (nSPS) is 10.7. The smallest absolute Gasteiger partial charge is 0.253 e. The first-order chi connectivity index (χ1) is 9.47. The number of rotatable bonds is 4. The van der Waals surface area contributed by atoms with Crippen LogP contribution in [0.5, 0.6) is 0 Å². The molecule has 5 nitrogen and oxygen atoms in total. The molecule has 0 amide bonds. The third kappa shape index (κ3) is 3.39. The number of aryl methyl sites for hydroxylation is 3. The zero-order chi connectivity index (χ0) is 14.7. The molecular weight excluding hydrogens is 322 g/mol. The van der Waals surface area contributed by atoms with Gasteiger partial charge in [-0.15, -0.1) is 0 Å². The second kappa shape index (κ2) is 6.09. The third-order valence-corrected chi connectivity index (χ3v) is 3.47. The number of hydrogen-bond donors (Lipinski definition) is 1. The van der Waals surface area contributed by atoms with Gasteiger partial charge < -0.3 is 14.9 Å². The van der Waals surface area contributed by atoms with Crippen LogP contribution in [0.1, 0.15) is 12.0 Å². The van der Waals surface area contributed by atoms with Crippen LogP contribution in [-0.4, -0.2) is 9.13 Å². The Kier molecular flexibility index (Phi) is 4.44. The van der Waals surface area contributed by atoms with Crippen molar-refractivity contribution in [2.75, 3.05) is 5.73 Å². The van der Waals surface area contributed by atoms with Crippen LogP contribution >= 0.6 is 15.9 Å². The molecule has 0 bridgehead atoms. The van der Waals surface area contributed by atoms with Crippen molar-refractivity contribution in [3.63, 3.8) is 0 Å². The summed E-state index contributed by atoms with van der Waals surface area (Å²) in [5, 5.41) is 0. The molecule has 0 aliphatic heterocycles. The molecule has 2 N–H and O–H groups in total. The van der Waals surface area contributed by atoms with Gasteiger partial charge in [-0.2, -0.15) is 0 Å². The Hall–Kier alpha value is -1.82. The van der Waals surface area contributed by atoms with Crippen molar-refractivity contribution in [3.8, 4) is 0 Å². The molecule has 0 atom stereocenters. The third-order valence-electron chi connectivity index (χ3n) is 3.04. The van der Waals surface area contributed by atoms with Crippen LogP contribution in [0.2, 0.25) is 0 Å². The van der Waals surface area contributed by atoms with E-state index in [4.69, 9.17) is 5.73 Å². The molecule has 2 aromatic rings. The van der Waals surface area contributed by atoms with E-state index in [0.29, 0.717) is 30.8 Å². The quantitative estimate of drug-likeness (QED) is 0.923. The minimum Gasteiger partial charge on any atom is -0.398 e. The van der Waals surface area contributed by atoms with Crippen molar-refractivity contribution < 1.29 is 0 Å². The van der Waals surface area contributed by atoms with Gasteiger partial charge in [0, 0.05) is 47.3 Å². The predicted molar refractivity (Wildman–Crippen MR) is 82.9 cm³/mol. The fourth-order valence-corrected chi connectivity index (χ4v) is 2.63. The maximum absolute atomic E-state index is 11.9. The number of pyridine rings is 2. The monoisotopic (exact) mass is 337 g/mol. The fourth-order valence-electron chi connectivity index (χ4n) is 2.04. The second-order valence-corrected chi connectivity index (χ2v) is 5.60. The van der Waals surface area contributed by atoms with Gasteiger partial charge in [-0.3, -0.25) is 9.59 Å². The molecule has 0 aliphatic carbocycles. The largest absolute Gasteiger partial charge is 0.398 e. The number of nitrogen functional groups attached to an aromatic ring is 1. The number of nitrogens with zero attached hydrogens (tertiary/aromatic N) is 2. The van der Waals surface area contributed by atoms with Crippen LogP contribution in [0.25, 0.3) is 0 Å². The van der Waals surface area contributed by atoms with E-state index in [2.05, 4.69) is 15.9 Å². The second-order valence-electron chi connectivity index (χ2n) is 4.69. The molecule has 0 unspecified atom stereocenters. The van der Waals surface area contributed by atoms with Crippen molar-refractivity contribution in [3.05, 3.63) is 61.3 Å². The lowest BCUT2D eigenvalue weighted by atomic mass is 10.3. The first-order valence-electron chi connectivity index (χ1n) is 6.30. The summed E-state index contributed by atoms with van der Waals surface area (Å²) in [6, 6.07) is 4.83. The summed E-state index contributed by atoms with van der Waals surface area (Å²) >= 11 is 3.37. The molecule has 0 aliphatic rings. The summed E-state index contributed by atoms with van der Waals surface area (Å²) in [6.07, 6.45) is 4.06. The molecule has 0 saturated heterocycles. The number of nitrogens with two attached hydrogens (primary N) is 1. The lowest BCUT2D eigenvalue weighted by Gasteiger charge is -2.09. The lowest BCUT2D eigenvalue weighted by Crippen LogP contribution is -2.24. The highest BCUT2D eigenvalue weighted by molar-refractivity contribution is 9.10. The topological polar surface area (TPSA) is 70.0 Å². The van der Waals surface area contributed by atoms with Crippen LogP contribution in [0, 0.1) is 6.92 Å². The molecule has 6 heteroatoms. The van der Waals surface area contributed by atoms with Gasteiger partial charge in [0.2, 0.25) is 0 Å². The van der Waals surface area contributed by atoms with E-state index in [0.717, 1.165) is 4.47 Å². The van der Waals surface area contributed by atoms with Crippen molar-refractivity contribution in [1.29, 1.82) is 0 Å². The Morgan fingerprint density at radius 1 is 1.15 bits per heavy atom. The molecule has 0 saturated carbocycles. The minimum atomic E-state index is -0.0861. The molecule has 0 aromatic carbocycles. The maximum Gasteiger partial charge on any atom is 0.253 e.